The van der Waals surface area contributed by atoms with Crippen molar-refractivity contribution in [3.63, 3.8) is 0 Å². The first-order valence-corrected chi connectivity index (χ1v) is 12.9. The molecule has 0 bridgehead atoms. The summed E-state index contributed by atoms with van der Waals surface area (Å²) in [5.41, 5.74) is 3.96. The SMILES string of the molecule is CC(C)c1cn([Si](C(C)C)(C(C)C)C(C)C)cc1B1OC(C)(C)C(C)(C)O1. The summed E-state index contributed by atoms with van der Waals surface area (Å²) in [6.07, 6.45) is 4.81. The van der Waals surface area contributed by atoms with Crippen LogP contribution in [0.15, 0.2) is 12.4 Å². The van der Waals surface area contributed by atoms with Gasteiger partial charge in [-0.15, -0.1) is 0 Å². The van der Waals surface area contributed by atoms with Crippen molar-refractivity contribution in [2.45, 2.75) is 117 Å². The number of nitrogens with zero attached hydrogens (tertiary/aromatic N) is 1. The van der Waals surface area contributed by atoms with Gasteiger partial charge >= 0.3 is 7.12 Å². The van der Waals surface area contributed by atoms with Gasteiger partial charge < -0.3 is 13.5 Å². The lowest BCUT2D eigenvalue weighted by molar-refractivity contribution is 0.00578. The molecule has 0 unspecified atom stereocenters. The molecule has 0 spiro atoms. The van der Waals surface area contributed by atoms with Crippen LogP contribution in [0.2, 0.25) is 16.6 Å². The molecule has 0 aromatic carbocycles. The van der Waals surface area contributed by atoms with Crippen molar-refractivity contribution in [1.82, 2.24) is 4.23 Å². The van der Waals surface area contributed by atoms with Crippen molar-refractivity contribution >= 4 is 20.8 Å². The molecule has 0 atom stereocenters. The van der Waals surface area contributed by atoms with Crippen molar-refractivity contribution in [3.05, 3.63) is 18.0 Å². The predicted octanol–water partition coefficient (Wildman–Crippen LogP) is 5.93. The molecule has 1 aromatic rings. The fourth-order valence-corrected chi connectivity index (χ4v) is 11.8. The van der Waals surface area contributed by atoms with E-state index >= 15 is 0 Å². The smallest absolute Gasteiger partial charge is 0.399 e. The van der Waals surface area contributed by atoms with Crippen molar-refractivity contribution in [2.24, 2.45) is 0 Å². The third kappa shape index (κ3) is 3.60. The van der Waals surface area contributed by atoms with E-state index in [0.29, 0.717) is 22.5 Å². The molecule has 0 amide bonds. The number of aromatic nitrogens is 1. The molecule has 3 nitrogen and oxygen atoms in total. The van der Waals surface area contributed by atoms with E-state index in [4.69, 9.17) is 9.31 Å². The van der Waals surface area contributed by atoms with Crippen LogP contribution < -0.4 is 5.46 Å². The molecule has 0 saturated carbocycles. The summed E-state index contributed by atoms with van der Waals surface area (Å²) >= 11 is 0. The van der Waals surface area contributed by atoms with Crippen LogP contribution >= 0.6 is 0 Å². The van der Waals surface area contributed by atoms with Gasteiger partial charge in [0.2, 0.25) is 0 Å². The summed E-state index contributed by atoms with van der Waals surface area (Å²) in [5.74, 6) is 0.443. The van der Waals surface area contributed by atoms with Crippen molar-refractivity contribution in [2.75, 3.05) is 0 Å². The topological polar surface area (TPSA) is 23.4 Å². The summed E-state index contributed by atoms with van der Waals surface area (Å²) in [7, 11) is -2.06. The highest BCUT2D eigenvalue weighted by atomic mass is 28.3. The van der Waals surface area contributed by atoms with E-state index in [1.54, 1.807) is 0 Å². The second kappa shape index (κ2) is 7.38. The Kier molecular flexibility index (Phi) is 6.23. The first-order chi connectivity index (χ1) is 12.2. The van der Waals surface area contributed by atoms with Gasteiger partial charge in [-0.25, -0.2) is 0 Å². The molecule has 0 N–H and O–H groups in total. The first kappa shape index (κ1) is 22.8. The van der Waals surface area contributed by atoms with Gasteiger partial charge in [0, 0.05) is 5.46 Å². The van der Waals surface area contributed by atoms with E-state index in [2.05, 4.69) is 99.7 Å². The Morgan fingerprint density at radius 2 is 1.19 bits per heavy atom. The minimum atomic E-state index is -1.78. The minimum Gasteiger partial charge on any atom is -0.399 e. The van der Waals surface area contributed by atoms with E-state index in [9.17, 15) is 0 Å². The maximum atomic E-state index is 6.43. The van der Waals surface area contributed by atoms with Crippen LogP contribution in [-0.2, 0) is 9.31 Å². The lowest BCUT2D eigenvalue weighted by Gasteiger charge is -2.44. The van der Waals surface area contributed by atoms with E-state index in [-0.39, 0.29) is 18.3 Å². The Balaban J connectivity index is 2.62. The summed E-state index contributed by atoms with van der Waals surface area (Å²) in [6, 6.07) is 0. The van der Waals surface area contributed by atoms with Gasteiger partial charge in [-0.2, -0.15) is 0 Å². The Morgan fingerprint density at radius 1 is 0.778 bits per heavy atom. The molecule has 2 heterocycles. The lowest BCUT2D eigenvalue weighted by atomic mass is 9.76. The quantitative estimate of drug-likeness (QED) is 0.561. The van der Waals surface area contributed by atoms with E-state index < -0.39 is 8.24 Å². The highest BCUT2D eigenvalue weighted by Crippen LogP contribution is 2.43. The second-order valence-corrected chi connectivity index (χ2v) is 16.4. The zero-order valence-corrected chi connectivity index (χ0v) is 20.8. The Bertz CT molecular complexity index is 623. The van der Waals surface area contributed by atoms with Crippen LogP contribution in [-0.4, -0.2) is 30.8 Å². The molecule has 0 aliphatic carbocycles. The fraction of sp³-hybridized carbons (Fsp3) is 0.818. The van der Waals surface area contributed by atoms with Crippen LogP contribution in [0.4, 0.5) is 0 Å². The van der Waals surface area contributed by atoms with Crippen molar-refractivity contribution in [3.8, 4) is 0 Å². The Labute approximate surface area is 169 Å². The van der Waals surface area contributed by atoms with Crippen LogP contribution in [0.3, 0.4) is 0 Å². The molecule has 1 aromatic heterocycles. The van der Waals surface area contributed by atoms with Crippen LogP contribution in [0.25, 0.3) is 0 Å². The average molecular weight is 391 g/mol. The number of hydrogen-bond donors (Lipinski definition) is 0. The van der Waals surface area contributed by atoms with E-state index in [0.717, 1.165) is 0 Å². The van der Waals surface area contributed by atoms with Gasteiger partial charge in [-0.05, 0) is 68.2 Å². The maximum absolute atomic E-state index is 6.43. The monoisotopic (exact) mass is 391 g/mol. The molecular formula is C22H42BNO2Si. The Hall–Kier alpha value is -0.518. The largest absolute Gasteiger partial charge is 0.496 e. The highest BCUT2D eigenvalue weighted by molar-refractivity contribution is 6.82. The zero-order valence-electron chi connectivity index (χ0n) is 19.8. The molecule has 154 valence electrons. The highest BCUT2D eigenvalue weighted by Gasteiger charge is 2.53. The van der Waals surface area contributed by atoms with E-state index in [1.165, 1.54) is 11.0 Å². The maximum Gasteiger partial charge on any atom is 0.496 e. The summed E-state index contributed by atoms with van der Waals surface area (Å²) < 4.78 is 15.5. The van der Waals surface area contributed by atoms with Gasteiger partial charge in [0.25, 0.3) is 0 Å². The van der Waals surface area contributed by atoms with Gasteiger partial charge in [0.05, 0.1) is 11.2 Å². The summed E-state index contributed by atoms with van der Waals surface area (Å²) in [6.45, 7) is 27.6. The summed E-state index contributed by atoms with van der Waals surface area (Å²) in [5, 5.41) is 0. The van der Waals surface area contributed by atoms with Gasteiger partial charge in [-0.1, -0.05) is 55.4 Å². The first-order valence-electron chi connectivity index (χ1n) is 10.8. The molecule has 2 rings (SSSR count). The average Bonchev–Trinajstić information content (AvgIpc) is 2.98. The Morgan fingerprint density at radius 3 is 1.52 bits per heavy atom. The molecule has 1 fully saturated rings. The normalized spacial score (nSPS) is 19.9. The molecule has 1 aliphatic heterocycles. The fourth-order valence-electron chi connectivity index (χ4n) is 5.25. The van der Waals surface area contributed by atoms with Crippen LogP contribution in [0, 0.1) is 0 Å². The second-order valence-electron chi connectivity index (χ2n) is 10.7. The molecule has 5 heteroatoms. The van der Waals surface area contributed by atoms with Crippen LogP contribution in [0.5, 0.6) is 0 Å². The predicted molar refractivity (Wildman–Crippen MR) is 121 cm³/mol. The third-order valence-electron chi connectivity index (χ3n) is 7.24. The van der Waals surface area contributed by atoms with Crippen molar-refractivity contribution < 1.29 is 9.31 Å². The standard InChI is InChI=1S/C22H42BNO2Si/c1-15(2)19-13-24(27(16(3)4,17(5)6)18(7)8)14-20(19)23-25-21(9,10)22(11,12)26-23/h13-18H,1-12H3. The minimum absolute atomic E-state index is 0.285. The molecule has 27 heavy (non-hydrogen) atoms. The third-order valence-corrected chi connectivity index (χ3v) is 13.9. The number of hydrogen-bond acceptors (Lipinski definition) is 2. The number of rotatable bonds is 6. The molecule has 1 aliphatic rings. The van der Waals surface area contributed by atoms with Gasteiger partial charge in [-0.3, -0.25) is 0 Å². The van der Waals surface area contributed by atoms with E-state index in [1.807, 2.05) is 0 Å². The van der Waals surface area contributed by atoms with Crippen LogP contribution in [0.1, 0.15) is 94.6 Å². The van der Waals surface area contributed by atoms with Gasteiger partial charge in [0.15, 0.2) is 8.24 Å². The zero-order chi connectivity index (χ0) is 20.9. The summed E-state index contributed by atoms with van der Waals surface area (Å²) in [4.78, 5) is 0. The van der Waals surface area contributed by atoms with Gasteiger partial charge in [0.1, 0.15) is 0 Å². The lowest BCUT2D eigenvalue weighted by Crippen LogP contribution is -2.51. The molecule has 1 saturated heterocycles. The molecular weight excluding hydrogens is 349 g/mol. The molecule has 0 radical (unpaired) electrons. The van der Waals surface area contributed by atoms with Crippen molar-refractivity contribution in [1.29, 1.82) is 0 Å².